The first-order valence-electron chi connectivity index (χ1n) is 6.30. The molecule has 0 fully saturated rings. The Kier molecular flexibility index (Phi) is 4.69. The molecule has 0 saturated carbocycles. The highest BCUT2D eigenvalue weighted by molar-refractivity contribution is 5.48. The van der Waals surface area contributed by atoms with Crippen molar-refractivity contribution in [3.63, 3.8) is 0 Å². The minimum Gasteiger partial charge on any atom is -0.369 e. The van der Waals surface area contributed by atoms with Crippen LogP contribution in [0.4, 0.5) is 11.6 Å². The fourth-order valence-electron chi connectivity index (χ4n) is 1.79. The summed E-state index contributed by atoms with van der Waals surface area (Å²) >= 11 is 0. The zero-order valence-electron chi connectivity index (χ0n) is 11.1. The molecular weight excluding hydrogens is 238 g/mol. The molecule has 5 nitrogen and oxygen atoms in total. The highest BCUT2D eigenvalue weighted by Gasteiger charge is 2.04. The number of hydrogen-bond acceptors (Lipinski definition) is 5. The molecule has 2 rings (SSSR count). The van der Waals surface area contributed by atoms with Gasteiger partial charge in [0.25, 0.3) is 0 Å². The maximum absolute atomic E-state index is 5.46. The van der Waals surface area contributed by atoms with Crippen LogP contribution in [-0.4, -0.2) is 30.1 Å². The summed E-state index contributed by atoms with van der Waals surface area (Å²) in [6.07, 6.45) is 1.57. The lowest BCUT2D eigenvalue weighted by Crippen LogP contribution is -2.19. The molecule has 100 valence electrons. The summed E-state index contributed by atoms with van der Waals surface area (Å²) in [6, 6.07) is 12.2. The Morgan fingerprint density at radius 2 is 2.00 bits per heavy atom. The average Bonchev–Trinajstić information content (AvgIpc) is 2.46. The summed E-state index contributed by atoms with van der Waals surface area (Å²) in [7, 11) is 2.02. The molecule has 0 amide bonds. The summed E-state index contributed by atoms with van der Waals surface area (Å²) in [5.74, 6) is 1.69. The third kappa shape index (κ3) is 3.93. The Bertz CT molecular complexity index is 500. The van der Waals surface area contributed by atoms with Crippen LogP contribution in [0.25, 0.3) is 0 Å². The predicted molar refractivity (Wildman–Crippen MR) is 78.1 cm³/mol. The van der Waals surface area contributed by atoms with Gasteiger partial charge in [-0.3, -0.25) is 0 Å². The molecule has 19 heavy (non-hydrogen) atoms. The Hall–Kier alpha value is -2.14. The van der Waals surface area contributed by atoms with Gasteiger partial charge in [0, 0.05) is 32.7 Å². The Labute approximate surface area is 113 Å². The van der Waals surface area contributed by atoms with E-state index in [4.69, 9.17) is 5.73 Å². The smallest absolute Gasteiger partial charge is 0.134 e. The minimum atomic E-state index is 0.583. The lowest BCUT2D eigenvalue weighted by molar-refractivity contribution is 0.889. The van der Waals surface area contributed by atoms with Gasteiger partial charge in [-0.1, -0.05) is 30.3 Å². The van der Waals surface area contributed by atoms with Gasteiger partial charge >= 0.3 is 0 Å². The third-order valence-corrected chi connectivity index (χ3v) is 2.76. The van der Waals surface area contributed by atoms with Crippen molar-refractivity contribution < 1.29 is 0 Å². The molecule has 1 heterocycles. The van der Waals surface area contributed by atoms with E-state index in [1.165, 1.54) is 5.56 Å². The van der Waals surface area contributed by atoms with Crippen LogP contribution in [0.1, 0.15) is 5.56 Å². The molecule has 0 aliphatic rings. The van der Waals surface area contributed by atoms with Crippen LogP contribution in [0.2, 0.25) is 0 Å². The van der Waals surface area contributed by atoms with Crippen molar-refractivity contribution in [2.75, 3.05) is 30.4 Å². The van der Waals surface area contributed by atoms with Gasteiger partial charge in [-0.2, -0.15) is 0 Å². The molecule has 0 unspecified atom stereocenters. The van der Waals surface area contributed by atoms with E-state index in [9.17, 15) is 0 Å². The normalized spacial score (nSPS) is 10.2. The minimum absolute atomic E-state index is 0.583. The van der Waals surface area contributed by atoms with Gasteiger partial charge in [0.05, 0.1) is 0 Å². The second kappa shape index (κ2) is 6.70. The van der Waals surface area contributed by atoms with E-state index in [2.05, 4.69) is 32.3 Å². The highest BCUT2D eigenvalue weighted by atomic mass is 15.2. The largest absolute Gasteiger partial charge is 0.369 e. The number of nitrogens with one attached hydrogen (secondary N) is 1. The van der Waals surface area contributed by atoms with Crippen LogP contribution in [0.3, 0.4) is 0 Å². The van der Waals surface area contributed by atoms with E-state index >= 15 is 0 Å². The molecule has 0 bridgehead atoms. The zero-order chi connectivity index (χ0) is 13.5. The molecule has 0 atom stereocenters. The maximum atomic E-state index is 5.46. The Morgan fingerprint density at radius 3 is 2.74 bits per heavy atom. The molecule has 0 radical (unpaired) electrons. The van der Waals surface area contributed by atoms with E-state index in [0.717, 1.165) is 18.2 Å². The van der Waals surface area contributed by atoms with Crippen molar-refractivity contribution in [3.8, 4) is 0 Å². The summed E-state index contributed by atoms with van der Waals surface area (Å²) in [4.78, 5) is 10.5. The fraction of sp³-hybridized carbons (Fsp3) is 0.286. The second-order valence-corrected chi connectivity index (χ2v) is 4.32. The van der Waals surface area contributed by atoms with Crippen LogP contribution in [0.15, 0.2) is 42.7 Å². The fourth-order valence-corrected chi connectivity index (χ4v) is 1.79. The van der Waals surface area contributed by atoms with Crippen LogP contribution < -0.4 is 16.0 Å². The monoisotopic (exact) mass is 257 g/mol. The SMILES string of the molecule is CN(Cc1ccccc1)c1cc(NCCN)ncn1. The standard InChI is InChI=1S/C14H19N5/c1-19(10-12-5-3-2-4-6-12)14-9-13(16-8-7-15)17-11-18-14/h2-6,9,11H,7-8,10,15H2,1H3,(H,16,17,18). The number of benzene rings is 1. The van der Waals surface area contributed by atoms with E-state index in [1.807, 2.05) is 31.3 Å². The molecule has 1 aromatic heterocycles. The van der Waals surface area contributed by atoms with Gasteiger partial charge in [-0.15, -0.1) is 0 Å². The summed E-state index contributed by atoms with van der Waals surface area (Å²) in [5.41, 5.74) is 6.71. The van der Waals surface area contributed by atoms with Gasteiger partial charge in [-0.25, -0.2) is 9.97 Å². The van der Waals surface area contributed by atoms with E-state index < -0.39 is 0 Å². The number of nitrogens with zero attached hydrogens (tertiary/aromatic N) is 3. The van der Waals surface area contributed by atoms with Gasteiger partial charge in [0.15, 0.2) is 0 Å². The van der Waals surface area contributed by atoms with Crippen LogP contribution in [0.5, 0.6) is 0 Å². The van der Waals surface area contributed by atoms with Crippen LogP contribution >= 0.6 is 0 Å². The van der Waals surface area contributed by atoms with Crippen molar-refractivity contribution in [1.29, 1.82) is 0 Å². The summed E-state index contributed by atoms with van der Waals surface area (Å²) < 4.78 is 0. The summed E-state index contributed by atoms with van der Waals surface area (Å²) in [5, 5.41) is 3.15. The number of aromatic nitrogens is 2. The highest BCUT2D eigenvalue weighted by Crippen LogP contribution is 2.15. The third-order valence-electron chi connectivity index (χ3n) is 2.76. The van der Waals surface area contributed by atoms with E-state index in [-0.39, 0.29) is 0 Å². The molecule has 0 saturated heterocycles. The van der Waals surface area contributed by atoms with Crippen LogP contribution in [-0.2, 0) is 6.54 Å². The zero-order valence-corrected chi connectivity index (χ0v) is 11.1. The molecule has 1 aromatic carbocycles. The predicted octanol–water partition coefficient (Wildman–Crippen LogP) is 1.48. The van der Waals surface area contributed by atoms with Gasteiger partial charge < -0.3 is 16.0 Å². The van der Waals surface area contributed by atoms with Crippen LogP contribution in [0, 0.1) is 0 Å². The molecule has 0 aliphatic heterocycles. The van der Waals surface area contributed by atoms with Crippen molar-refractivity contribution >= 4 is 11.6 Å². The van der Waals surface area contributed by atoms with Gasteiger partial charge in [0.1, 0.15) is 18.0 Å². The van der Waals surface area contributed by atoms with Crippen molar-refractivity contribution in [1.82, 2.24) is 9.97 Å². The first-order chi connectivity index (χ1) is 9.29. The Balaban J connectivity index is 2.04. The van der Waals surface area contributed by atoms with Gasteiger partial charge in [0.2, 0.25) is 0 Å². The number of nitrogens with two attached hydrogens (primary N) is 1. The summed E-state index contributed by atoms with van der Waals surface area (Å²) in [6.45, 7) is 2.10. The molecule has 3 N–H and O–H groups in total. The Morgan fingerprint density at radius 1 is 1.21 bits per heavy atom. The lowest BCUT2D eigenvalue weighted by Gasteiger charge is -2.18. The van der Waals surface area contributed by atoms with E-state index in [0.29, 0.717) is 13.1 Å². The van der Waals surface area contributed by atoms with Crippen molar-refractivity contribution in [3.05, 3.63) is 48.3 Å². The molecule has 0 spiro atoms. The van der Waals surface area contributed by atoms with Crippen molar-refractivity contribution in [2.45, 2.75) is 6.54 Å². The number of hydrogen-bond donors (Lipinski definition) is 2. The second-order valence-electron chi connectivity index (χ2n) is 4.32. The maximum Gasteiger partial charge on any atom is 0.134 e. The number of anilines is 2. The van der Waals surface area contributed by atoms with E-state index in [1.54, 1.807) is 6.33 Å². The average molecular weight is 257 g/mol. The lowest BCUT2D eigenvalue weighted by atomic mass is 10.2. The molecule has 2 aromatic rings. The molecule has 5 heteroatoms. The quantitative estimate of drug-likeness (QED) is 0.820. The van der Waals surface area contributed by atoms with Crippen molar-refractivity contribution in [2.24, 2.45) is 5.73 Å². The molecular formula is C14H19N5. The van der Waals surface area contributed by atoms with Gasteiger partial charge in [-0.05, 0) is 5.56 Å². The first-order valence-corrected chi connectivity index (χ1v) is 6.30. The molecule has 0 aliphatic carbocycles. The first kappa shape index (κ1) is 13.3. The number of rotatable bonds is 6. The topological polar surface area (TPSA) is 67.1 Å².